The SMILES string of the molecule is O=C(c1ccccc1F)N1CCC[C@H]1C1=NC=C(c2ccc(-c3ccc(C4=CN=C([C@@H]5CCCN5C(=O)[C@@H](c5ccccc5)N5CCCCC5)C4)cc3)cc2)C1. The van der Waals surface area contributed by atoms with Crippen LogP contribution in [0.3, 0.4) is 0 Å². The highest BCUT2D eigenvalue weighted by molar-refractivity contribution is 6.06. The first-order valence-electron chi connectivity index (χ1n) is 20.4. The number of carbonyl (C=O) groups is 2. The number of piperidine rings is 1. The van der Waals surface area contributed by atoms with Crippen molar-refractivity contribution in [2.45, 2.75) is 75.9 Å². The van der Waals surface area contributed by atoms with Crippen molar-refractivity contribution in [2.24, 2.45) is 9.98 Å². The van der Waals surface area contributed by atoms with Gasteiger partial charge in [-0.05, 0) is 103 Å². The normalized spacial score (nSPS) is 21.8. The third kappa shape index (κ3) is 7.18. The second-order valence-corrected chi connectivity index (χ2v) is 15.8. The molecule has 4 aromatic rings. The minimum Gasteiger partial charge on any atom is -0.333 e. The molecule has 0 spiro atoms. The van der Waals surface area contributed by atoms with Crippen molar-refractivity contribution >= 4 is 34.4 Å². The number of benzene rings is 4. The van der Waals surface area contributed by atoms with Gasteiger partial charge in [-0.3, -0.25) is 24.5 Å². The van der Waals surface area contributed by atoms with E-state index < -0.39 is 5.82 Å². The van der Waals surface area contributed by atoms with Crippen molar-refractivity contribution in [3.63, 3.8) is 0 Å². The number of likely N-dealkylation sites (tertiary alicyclic amines) is 3. The maximum atomic E-state index is 14.4. The molecular formula is C48H48FN5O2. The maximum absolute atomic E-state index is 14.4. The van der Waals surface area contributed by atoms with Crippen LogP contribution < -0.4 is 0 Å². The van der Waals surface area contributed by atoms with Crippen LogP contribution in [0.2, 0.25) is 0 Å². The van der Waals surface area contributed by atoms with E-state index in [1.165, 1.54) is 18.1 Å². The first-order valence-corrected chi connectivity index (χ1v) is 20.4. The standard InChI is InChI=1S/C48H48FN5O2/c49-41-14-6-5-13-40(41)47(55)53-27-9-15-44(53)42-29-38(31-50-42)35-21-17-33(18-22-35)34-19-23-36(24-20-34)39-30-43(51-32-39)45-16-10-28-54(45)48(56)46(37-11-3-1-4-12-37)52-25-7-2-8-26-52/h1,3-6,11-14,17-24,31-32,44-46H,2,7-10,15-16,25-30H2/t44-,45-,46+/m0/s1. The minimum absolute atomic E-state index is 0.0416. The monoisotopic (exact) mass is 745 g/mol. The van der Waals surface area contributed by atoms with Crippen LogP contribution in [-0.2, 0) is 4.79 Å². The number of rotatable bonds is 9. The number of nitrogens with zero attached hydrogens (tertiary/aromatic N) is 5. The van der Waals surface area contributed by atoms with Crippen LogP contribution in [0.5, 0.6) is 0 Å². The van der Waals surface area contributed by atoms with Crippen molar-refractivity contribution < 1.29 is 14.0 Å². The zero-order valence-corrected chi connectivity index (χ0v) is 31.8. The molecule has 5 aliphatic rings. The van der Waals surface area contributed by atoms with E-state index in [0.29, 0.717) is 13.0 Å². The van der Waals surface area contributed by atoms with Crippen LogP contribution in [0.15, 0.2) is 126 Å². The highest BCUT2D eigenvalue weighted by atomic mass is 19.1. The fourth-order valence-electron chi connectivity index (χ4n) is 9.41. The molecule has 8 heteroatoms. The largest absolute Gasteiger partial charge is 0.333 e. The Balaban J connectivity index is 0.816. The number of hydrogen-bond donors (Lipinski definition) is 0. The molecular weight excluding hydrogens is 698 g/mol. The summed E-state index contributed by atoms with van der Waals surface area (Å²) in [5.74, 6) is -0.523. The van der Waals surface area contributed by atoms with E-state index in [4.69, 9.17) is 9.98 Å². The number of aliphatic imine (C=N–C) groups is 2. The van der Waals surface area contributed by atoms with Crippen LogP contribution >= 0.6 is 0 Å². The molecule has 5 heterocycles. The molecule has 2 amide bonds. The van der Waals surface area contributed by atoms with Crippen molar-refractivity contribution in [3.8, 4) is 11.1 Å². The van der Waals surface area contributed by atoms with Gasteiger partial charge < -0.3 is 9.80 Å². The van der Waals surface area contributed by atoms with E-state index >= 15 is 0 Å². The van der Waals surface area contributed by atoms with Gasteiger partial charge in [-0.15, -0.1) is 0 Å². The van der Waals surface area contributed by atoms with Gasteiger partial charge in [0.05, 0.1) is 17.6 Å². The number of allylic oxidation sites excluding steroid dienone is 2. The van der Waals surface area contributed by atoms with Gasteiger partial charge in [0.1, 0.15) is 11.9 Å². The zero-order chi connectivity index (χ0) is 38.0. The van der Waals surface area contributed by atoms with Gasteiger partial charge in [0, 0.05) is 49.8 Å². The van der Waals surface area contributed by atoms with Gasteiger partial charge in [0.25, 0.3) is 5.91 Å². The number of carbonyl (C=O) groups excluding carboxylic acids is 2. The van der Waals surface area contributed by atoms with Crippen LogP contribution in [0.25, 0.3) is 22.3 Å². The summed E-state index contributed by atoms with van der Waals surface area (Å²) in [7, 11) is 0. The van der Waals surface area contributed by atoms with E-state index in [9.17, 15) is 14.0 Å². The van der Waals surface area contributed by atoms with Gasteiger partial charge in [0.15, 0.2) is 0 Å². The third-order valence-electron chi connectivity index (χ3n) is 12.4. The summed E-state index contributed by atoms with van der Waals surface area (Å²) in [6.45, 7) is 3.33. The lowest BCUT2D eigenvalue weighted by Crippen LogP contribution is -2.48. The van der Waals surface area contributed by atoms with Gasteiger partial charge in [-0.25, -0.2) is 4.39 Å². The first kappa shape index (κ1) is 36.2. The molecule has 0 aromatic heterocycles. The molecule has 0 saturated carbocycles. The smallest absolute Gasteiger partial charge is 0.257 e. The second kappa shape index (κ2) is 15.9. The van der Waals surface area contributed by atoms with Crippen LogP contribution in [0, 0.1) is 5.82 Å². The Bertz CT molecular complexity index is 2220. The molecule has 0 aliphatic carbocycles. The molecule has 3 atom stereocenters. The molecule has 0 N–H and O–H groups in total. The van der Waals surface area contributed by atoms with Crippen molar-refractivity contribution in [3.05, 3.63) is 144 Å². The topological polar surface area (TPSA) is 68.6 Å². The predicted molar refractivity (Wildman–Crippen MR) is 222 cm³/mol. The highest BCUT2D eigenvalue weighted by Gasteiger charge is 2.40. The Hall–Kier alpha value is -5.47. The molecule has 0 radical (unpaired) electrons. The third-order valence-corrected chi connectivity index (χ3v) is 12.4. The van der Waals surface area contributed by atoms with Gasteiger partial charge in [-0.1, -0.05) is 97.4 Å². The summed E-state index contributed by atoms with van der Waals surface area (Å²) >= 11 is 0. The summed E-state index contributed by atoms with van der Waals surface area (Å²) in [6, 6.07) is 33.6. The van der Waals surface area contributed by atoms with E-state index in [1.54, 1.807) is 23.1 Å². The Morgan fingerprint density at radius 1 is 0.571 bits per heavy atom. The quantitative estimate of drug-likeness (QED) is 0.172. The molecule has 3 fully saturated rings. The van der Waals surface area contributed by atoms with Crippen LogP contribution in [0.1, 0.15) is 90.9 Å². The second-order valence-electron chi connectivity index (χ2n) is 15.8. The van der Waals surface area contributed by atoms with Crippen LogP contribution in [0.4, 0.5) is 4.39 Å². The fourth-order valence-corrected chi connectivity index (χ4v) is 9.41. The zero-order valence-electron chi connectivity index (χ0n) is 31.8. The van der Waals surface area contributed by atoms with E-state index in [1.807, 2.05) is 30.6 Å². The summed E-state index contributed by atoms with van der Waals surface area (Å²) in [5, 5.41) is 0. The molecule has 0 bridgehead atoms. The van der Waals surface area contributed by atoms with Gasteiger partial charge in [0.2, 0.25) is 5.91 Å². The molecule has 9 rings (SSSR count). The van der Waals surface area contributed by atoms with Gasteiger partial charge >= 0.3 is 0 Å². The van der Waals surface area contributed by atoms with Gasteiger partial charge in [-0.2, -0.15) is 0 Å². The Morgan fingerprint density at radius 3 is 1.68 bits per heavy atom. The van der Waals surface area contributed by atoms with E-state index in [-0.39, 0.29) is 35.5 Å². The highest BCUT2D eigenvalue weighted by Crippen LogP contribution is 2.36. The lowest BCUT2D eigenvalue weighted by atomic mass is 9.94. The average molecular weight is 746 g/mol. The summed E-state index contributed by atoms with van der Waals surface area (Å²) in [6.07, 6.45) is 12.6. The maximum Gasteiger partial charge on any atom is 0.257 e. The van der Waals surface area contributed by atoms with Crippen molar-refractivity contribution in [2.75, 3.05) is 26.2 Å². The minimum atomic E-state index is -0.482. The number of hydrogen-bond acceptors (Lipinski definition) is 5. The molecule has 3 saturated heterocycles. The molecule has 284 valence electrons. The summed E-state index contributed by atoms with van der Waals surface area (Å²) in [4.78, 5) is 43.6. The molecule has 56 heavy (non-hydrogen) atoms. The predicted octanol–water partition coefficient (Wildman–Crippen LogP) is 9.39. The lowest BCUT2D eigenvalue weighted by molar-refractivity contribution is -0.137. The Morgan fingerprint density at radius 2 is 1.09 bits per heavy atom. The Kier molecular flexibility index (Phi) is 10.3. The van der Waals surface area contributed by atoms with Crippen molar-refractivity contribution in [1.29, 1.82) is 0 Å². The van der Waals surface area contributed by atoms with Crippen molar-refractivity contribution in [1.82, 2.24) is 14.7 Å². The molecule has 7 nitrogen and oxygen atoms in total. The Labute approximate surface area is 329 Å². The molecule has 4 aromatic carbocycles. The number of amides is 2. The average Bonchev–Trinajstić information content (AvgIpc) is 4.09. The van der Waals surface area contributed by atoms with Crippen LogP contribution in [-0.4, -0.2) is 76.2 Å². The fraction of sp³-hybridized carbons (Fsp3) is 0.333. The molecule has 5 aliphatic heterocycles. The molecule has 0 unspecified atom stereocenters. The summed E-state index contributed by atoms with van der Waals surface area (Å²) in [5.41, 5.74) is 10.1. The summed E-state index contributed by atoms with van der Waals surface area (Å²) < 4.78 is 14.4. The number of halogens is 1. The van der Waals surface area contributed by atoms with E-state index in [2.05, 4.69) is 70.5 Å². The first-order chi connectivity index (χ1) is 27.5. The lowest BCUT2D eigenvalue weighted by Gasteiger charge is -2.37. The van der Waals surface area contributed by atoms with E-state index in [0.717, 1.165) is 109 Å².